The fourth-order valence-electron chi connectivity index (χ4n) is 1.53. The van der Waals surface area contributed by atoms with Crippen LogP contribution in [0.1, 0.15) is 36.9 Å². The molecule has 1 atom stereocenters. The number of carbonyl (C=O) groups is 1. The van der Waals surface area contributed by atoms with Crippen molar-refractivity contribution in [2.75, 3.05) is 6.54 Å². The Kier molecular flexibility index (Phi) is 6.15. The minimum absolute atomic E-state index is 0.109. The van der Waals surface area contributed by atoms with E-state index in [1.807, 2.05) is 19.2 Å². The zero-order valence-electron chi connectivity index (χ0n) is 10.5. The largest absolute Gasteiger partial charge is 0.356 e. The first kappa shape index (κ1) is 14.1. The van der Waals surface area contributed by atoms with Gasteiger partial charge in [0.15, 0.2) is 0 Å². The van der Waals surface area contributed by atoms with Gasteiger partial charge in [0, 0.05) is 30.8 Å². The van der Waals surface area contributed by atoms with Crippen molar-refractivity contribution in [1.82, 2.24) is 10.3 Å². The summed E-state index contributed by atoms with van der Waals surface area (Å²) >= 11 is 1.64. The summed E-state index contributed by atoms with van der Waals surface area (Å²) < 4.78 is 0. The van der Waals surface area contributed by atoms with E-state index in [1.165, 1.54) is 0 Å². The summed E-state index contributed by atoms with van der Waals surface area (Å²) in [6.45, 7) is 4.61. The van der Waals surface area contributed by atoms with E-state index in [4.69, 9.17) is 5.73 Å². The van der Waals surface area contributed by atoms with Crippen molar-refractivity contribution < 1.29 is 4.79 Å². The summed E-state index contributed by atoms with van der Waals surface area (Å²) in [6.07, 6.45) is 3.14. The molecule has 3 N–H and O–H groups in total. The second kappa shape index (κ2) is 7.40. The summed E-state index contributed by atoms with van der Waals surface area (Å²) in [5.74, 6) is 0.109. The number of rotatable bonds is 7. The summed E-state index contributed by atoms with van der Waals surface area (Å²) in [7, 11) is 0. The van der Waals surface area contributed by atoms with Crippen LogP contribution in [0, 0.1) is 6.92 Å². The molecule has 96 valence electrons. The summed E-state index contributed by atoms with van der Waals surface area (Å²) in [5.41, 5.74) is 6.68. The zero-order valence-corrected chi connectivity index (χ0v) is 11.3. The van der Waals surface area contributed by atoms with E-state index in [9.17, 15) is 4.79 Å². The Labute approximate surface area is 107 Å². The molecular weight excluding hydrogens is 234 g/mol. The van der Waals surface area contributed by atoms with Gasteiger partial charge in [0.25, 0.3) is 0 Å². The van der Waals surface area contributed by atoms with E-state index < -0.39 is 0 Å². The molecule has 0 spiro atoms. The number of nitrogens with two attached hydrogens (primary N) is 1. The Morgan fingerprint density at radius 3 is 3.00 bits per heavy atom. The van der Waals surface area contributed by atoms with Crippen molar-refractivity contribution in [3.63, 3.8) is 0 Å². The Bertz CT molecular complexity index is 349. The second-order valence-corrected chi connectivity index (χ2v) is 5.39. The lowest BCUT2D eigenvalue weighted by Crippen LogP contribution is -2.26. The van der Waals surface area contributed by atoms with Crippen LogP contribution in [0.3, 0.4) is 0 Å². The molecule has 1 amide bonds. The molecule has 1 unspecified atom stereocenters. The summed E-state index contributed by atoms with van der Waals surface area (Å²) in [4.78, 5) is 15.8. The van der Waals surface area contributed by atoms with Gasteiger partial charge in [-0.2, -0.15) is 0 Å². The Balaban J connectivity index is 2.08. The topological polar surface area (TPSA) is 68.0 Å². The van der Waals surface area contributed by atoms with Crippen LogP contribution >= 0.6 is 11.3 Å². The Morgan fingerprint density at radius 1 is 1.65 bits per heavy atom. The third-order valence-corrected chi connectivity index (χ3v) is 3.26. The number of nitrogens with zero attached hydrogens (tertiary/aromatic N) is 1. The average molecular weight is 255 g/mol. The van der Waals surface area contributed by atoms with E-state index >= 15 is 0 Å². The van der Waals surface area contributed by atoms with E-state index in [1.54, 1.807) is 11.3 Å². The third-order valence-electron chi connectivity index (χ3n) is 2.43. The number of carbonyl (C=O) groups excluding carboxylic acids is 1. The Morgan fingerprint density at radius 2 is 2.41 bits per heavy atom. The fourth-order valence-corrected chi connectivity index (χ4v) is 2.17. The first-order valence-corrected chi connectivity index (χ1v) is 6.89. The van der Waals surface area contributed by atoms with E-state index in [0.29, 0.717) is 13.0 Å². The molecule has 5 heteroatoms. The van der Waals surface area contributed by atoms with Crippen LogP contribution in [0.2, 0.25) is 0 Å². The van der Waals surface area contributed by atoms with Crippen molar-refractivity contribution in [2.24, 2.45) is 5.73 Å². The maximum Gasteiger partial charge on any atom is 0.220 e. The van der Waals surface area contributed by atoms with Crippen molar-refractivity contribution in [3.8, 4) is 0 Å². The molecule has 0 saturated carbocycles. The lowest BCUT2D eigenvalue weighted by atomic mass is 10.1. The first-order valence-electron chi connectivity index (χ1n) is 6.01. The highest BCUT2D eigenvalue weighted by Gasteiger charge is 2.03. The van der Waals surface area contributed by atoms with Gasteiger partial charge in [-0.15, -0.1) is 11.3 Å². The zero-order chi connectivity index (χ0) is 12.7. The number of hydrogen-bond acceptors (Lipinski definition) is 4. The predicted octanol–water partition coefficient (Wildman–Crippen LogP) is 1.63. The SMILES string of the molecule is Cc1nc(CCNC(=O)CCCC(C)N)cs1. The first-order chi connectivity index (χ1) is 8.08. The second-order valence-electron chi connectivity index (χ2n) is 4.33. The molecule has 0 aliphatic rings. The van der Waals surface area contributed by atoms with E-state index in [2.05, 4.69) is 10.3 Å². The quantitative estimate of drug-likeness (QED) is 0.778. The minimum atomic E-state index is 0.109. The molecule has 0 aliphatic heterocycles. The maximum atomic E-state index is 11.5. The highest BCUT2D eigenvalue weighted by Crippen LogP contribution is 2.07. The molecule has 0 radical (unpaired) electrons. The fraction of sp³-hybridized carbons (Fsp3) is 0.667. The Hall–Kier alpha value is -0.940. The molecular formula is C12H21N3OS. The van der Waals surface area contributed by atoms with Crippen molar-refractivity contribution in [3.05, 3.63) is 16.1 Å². The minimum Gasteiger partial charge on any atom is -0.356 e. The van der Waals surface area contributed by atoms with Crippen LogP contribution in [0.5, 0.6) is 0 Å². The number of aryl methyl sites for hydroxylation is 1. The lowest BCUT2D eigenvalue weighted by molar-refractivity contribution is -0.121. The van der Waals surface area contributed by atoms with Crippen LogP contribution in [-0.2, 0) is 11.2 Å². The number of amides is 1. The summed E-state index contributed by atoms with van der Waals surface area (Å²) in [6, 6.07) is 0.181. The third kappa shape index (κ3) is 6.38. The molecule has 1 aromatic heterocycles. The smallest absolute Gasteiger partial charge is 0.220 e. The van der Waals surface area contributed by atoms with Crippen molar-refractivity contribution >= 4 is 17.2 Å². The molecule has 0 fully saturated rings. The molecule has 0 saturated heterocycles. The number of aromatic nitrogens is 1. The summed E-state index contributed by atoms with van der Waals surface area (Å²) in [5, 5.41) is 6.01. The molecule has 1 aromatic rings. The molecule has 0 aromatic carbocycles. The van der Waals surface area contributed by atoms with Crippen LogP contribution in [0.15, 0.2) is 5.38 Å². The molecule has 17 heavy (non-hydrogen) atoms. The maximum absolute atomic E-state index is 11.5. The van der Waals surface area contributed by atoms with E-state index in [-0.39, 0.29) is 11.9 Å². The number of nitrogens with one attached hydrogen (secondary N) is 1. The highest BCUT2D eigenvalue weighted by atomic mass is 32.1. The normalized spacial score (nSPS) is 12.4. The molecule has 4 nitrogen and oxygen atoms in total. The van der Waals surface area contributed by atoms with Gasteiger partial charge in [0.1, 0.15) is 0 Å². The lowest BCUT2D eigenvalue weighted by Gasteiger charge is -2.05. The van der Waals surface area contributed by atoms with Crippen LogP contribution in [0.4, 0.5) is 0 Å². The van der Waals surface area contributed by atoms with Gasteiger partial charge in [-0.25, -0.2) is 4.98 Å². The van der Waals surface area contributed by atoms with Gasteiger partial charge in [0.2, 0.25) is 5.91 Å². The number of hydrogen-bond donors (Lipinski definition) is 2. The number of thiazole rings is 1. The van der Waals surface area contributed by atoms with Gasteiger partial charge >= 0.3 is 0 Å². The van der Waals surface area contributed by atoms with Gasteiger partial charge in [-0.3, -0.25) is 4.79 Å². The van der Waals surface area contributed by atoms with Crippen molar-refractivity contribution in [2.45, 2.75) is 45.6 Å². The van der Waals surface area contributed by atoms with Crippen molar-refractivity contribution in [1.29, 1.82) is 0 Å². The van der Waals surface area contributed by atoms with E-state index in [0.717, 1.165) is 30.0 Å². The molecule has 0 bridgehead atoms. The monoisotopic (exact) mass is 255 g/mol. The van der Waals surface area contributed by atoms with Crippen LogP contribution in [0.25, 0.3) is 0 Å². The highest BCUT2D eigenvalue weighted by molar-refractivity contribution is 7.09. The predicted molar refractivity (Wildman–Crippen MR) is 71.1 cm³/mol. The molecule has 0 aliphatic carbocycles. The molecule has 1 rings (SSSR count). The van der Waals surface area contributed by atoms with Gasteiger partial charge in [0.05, 0.1) is 10.7 Å². The van der Waals surface area contributed by atoms with Gasteiger partial charge in [-0.1, -0.05) is 0 Å². The molecule has 1 heterocycles. The standard InChI is InChI=1S/C12H21N3OS/c1-9(13)4-3-5-12(16)14-7-6-11-8-17-10(2)15-11/h8-9H,3-7,13H2,1-2H3,(H,14,16). The van der Waals surface area contributed by atoms with Crippen LogP contribution in [-0.4, -0.2) is 23.5 Å². The van der Waals surface area contributed by atoms with Gasteiger partial charge in [-0.05, 0) is 26.7 Å². The van der Waals surface area contributed by atoms with Crippen LogP contribution < -0.4 is 11.1 Å². The average Bonchev–Trinajstić information content (AvgIpc) is 2.63. The van der Waals surface area contributed by atoms with Gasteiger partial charge < -0.3 is 11.1 Å².